The molecule has 1 atom stereocenters. The minimum absolute atomic E-state index is 0.0220. The molecule has 0 aromatic rings. The van der Waals surface area contributed by atoms with Crippen LogP contribution in [0, 0.1) is 5.92 Å². The highest BCUT2D eigenvalue weighted by molar-refractivity contribution is 5.79. The third-order valence-corrected chi connectivity index (χ3v) is 6.81. The van der Waals surface area contributed by atoms with Crippen molar-refractivity contribution in [1.29, 1.82) is 0 Å². The number of carbonyl (C=O) groups is 2. The summed E-state index contributed by atoms with van der Waals surface area (Å²) in [5.74, 6) is -0.179. The summed E-state index contributed by atoms with van der Waals surface area (Å²) >= 11 is 0. The van der Waals surface area contributed by atoms with Crippen LogP contribution in [0.3, 0.4) is 0 Å². The molecule has 0 aromatic heterocycles. The smallest absolute Gasteiger partial charge is 0.231 e. The second-order valence-corrected chi connectivity index (χ2v) is 8.83. The van der Waals surface area contributed by atoms with E-state index < -0.39 is 0 Å². The molecule has 2 heterocycles. The number of likely N-dealkylation sites (tertiary alicyclic amines) is 1. The number of likely N-dealkylation sites (N-methyl/N-ethyl adjacent to an activating group) is 1. The molecular formula is C20H37N5O2. The fourth-order valence-corrected chi connectivity index (χ4v) is 5.13. The zero-order valence-corrected chi connectivity index (χ0v) is 16.9. The number of piperidine rings is 1. The molecule has 1 unspecified atom stereocenters. The number of carbonyl (C=O) groups excluding carboxylic acids is 2. The molecule has 154 valence electrons. The molecule has 2 aliphatic heterocycles. The number of rotatable bonds is 6. The number of nitrogens with zero attached hydrogens (tertiary/aromatic N) is 3. The van der Waals surface area contributed by atoms with Gasteiger partial charge in [-0.05, 0) is 39.3 Å². The number of primary amides is 1. The van der Waals surface area contributed by atoms with E-state index in [2.05, 4.69) is 22.2 Å². The number of nitrogens with two attached hydrogens (primary N) is 1. The van der Waals surface area contributed by atoms with Gasteiger partial charge in [-0.2, -0.15) is 0 Å². The predicted octanol–water partition coefficient (Wildman–Crippen LogP) is 0.250. The van der Waals surface area contributed by atoms with Crippen molar-refractivity contribution in [1.82, 2.24) is 20.0 Å². The van der Waals surface area contributed by atoms with Gasteiger partial charge in [0.15, 0.2) is 0 Å². The van der Waals surface area contributed by atoms with Gasteiger partial charge in [0.1, 0.15) is 0 Å². The molecule has 2 amide bonds. The van der Waals surface area contributed by atoms with E-state index in [9.17, 15) is 9.59 Å². The fourth-order valence-electron chi connectivity index (χ4n) is 5.13. The van der Waals surface area contributed by atoms with Crippen LogP contribution in [-0.4, -0.2) is 91.5 Å². The second kappa shape index (κ2) is 9.34. The minimum Gasteiger partial charge on any atom is -0.369 e. The van der Waals surface area contributed by atoms with E-state index >= 15 is 0 Å². The topological polar surface area (TPSA) is 81.9 Å². The lowest BCUT2D eigenvalue weighted by Gasteiger charge is -2.49. The molecule has 3 rings (SSSR count). The molecule has 27 heavy (non-hydrogen) atoms. The Balaban J connectivity index is 1.56. The Hall–Kier alpha value is -1.18. The first kappa shape index (κ1) is 20.6. The molecule has 1 aliphatic carbocycles. The summed E-state index contributed by atoms with van der Waals surface area (Å²) in [7, 11) is 2.19. The van der Waals surface area contributed by atoms with Gasteiger partial charge >= 0.3 is 0 Å². The maximum atomic E-state index is 12.9. The quantitative estimate of drug-likeness (QED) is 0.691. The van der Waals surface area contributed by atoms with Crippen molar-refractivity contribution in [3.63, 3.8) is 0 Å². The Bertz CT molecular complexity index is 513. The first-order valence-corrected chi connectivity index (χ1v) is 10.7. The maximum Gasteiger partial charge on any atom is 0.231 e. The van der Waals surface area contributed by atoms with Crippen LogP contribution in [0.4, 0.5) is 0 Å². The number of hydrogen-bond donors (Lipinski definition) is 2. The summed E-state index contributed by atoms with van der Waals surface area (Å²) in [4.78, 5) is 31.1. The van der Waals surface area contributed by atoms with Gasteiger partial charge in [0.05, 0.1) is 12.5 Å². The summed E-state index contributed by atoms with van der Waals surface area (Å²) < 4.78 is 0. The first-order valence-electron chi connectivity index (χ1n) is 10.7. The van der Waals surface area contributed by atoms with Gasteiger partial charge in [0.2, 0.25) is 11.8 Å². The van der Waals surface area contributed by atoms with Gasteiger partial charge in [0.25, 0.3) is 0 Å². The first-order chi connectivity index (χ1) is 13.0. The van der Waals surface area contributed by atoms with Crippen molar-refractivity contribution in [2.75, 3.05) is 59.4 Å². The number of piperazine rings is 1. The van der Waals surface area contributed by atoms with Crippen molar-refractivity contribution in [3.8, 4) is 0 Å². The van der Waals surface area contributed by atoms with Crippen LogP contribution >= 0.6 is 0 Å². The van der Waals surface area contributed by atoms with Gasteiger partial charge in [-0.25, -0.2) is 0 Å². The van der Waals surface area contributed by atoms with E-state index in [1.54, 1.807) is 0 Å². The van der Waals surface area contributed by atoms with Gasteiger partial charge < -0.3 is 16.0 Å². The highest BCUT2D eigenvalue weighted by Crippen LogP contribution is 2.34. The monoisotopic (exact) mass is 379 g/mol. The molecule has 7 heteroatoms. The standard InChI is InChI=1S/C20H37N5O2/c1-23-10-12-25(13-11-23)20(7-3-2-4-8-20)16-22-19(27)17-6-5-9-24(14-17)15-18(21)26/h17H,2-16H2,1H3,(H2,21,26)(H,22,27). The SMILES string of the molecule is CN1CCN(C2(CNC(=O)C3CCCN(CC(N)=O)C3)CCCCC2)CC1. The van der Waals surface area contributed by atoms with E-state index in [0.717, 1.165) is 52.1 Å². The zero-order chi connectivity index (χ0) is 19.3. The molecule has 0 bridgehead atoms. The third kappa shape index (κ3) is 5.42. The Kier molecular flexibility index (Phi) is 7.11. The number of nitrogens with one attached hydrogen (secondary N) is 1. The summed E-state index contributed by atoms with van der Waals surface area (Å²) in [5, 5.41) is 3.31. The Morgan fingerprint density at radius 1 is 1.04 bits per heavy atom. The molecule has 1 saturated carbocycles. The van der Waals surface area contributed by atoms with E-state index in [1.807, 2.05) is 4.90 Å². The van der Waals surface area contributed by atoms with Crippen LogP contribution in [0.5, 0.6) is 0 Å². The van der Waals surface area contributed by atoms with Crippen molar-refractivity contribution in [2.24, 2.45) is 11.7 Å². The third-order valence-electron chi connectivity index (χ3n) is 6.81. The van der Waals surface area contributed by atoms with Crippen LogP contribution in [0.15, 0.2) is 0 Å². The lowest BCUT2D eigenvalue weighted by Crippen LogP contribution is -2.62. The van der Waals surface area contributed by atoms with Crippen LogP contribution < -0.4 is 11.1 Å². The summed E-state index contributed by atoms with van der Waals surface area (Å²) in [5.41, 5.74) is 5.46. The van der Waals surface area contributed by atoms with E-state index in [1.165, 1.54) is 32.1 Å². The van der Waals surface area contributed by atoms with Crippen molar-refractivity contribution >= 4 is 11.8 Å². The van der Waals surface area contributed by atoms with E-state index in [0.29, 0.717) is 6.54 Å². The van der Waals surface area contributed by atoms with Gasteiger partial charge in [-0.3, -0.25) is 19.4 Å². The molecule has 7 nitrogen and oxygen atoms in total. The molecule has 0 spiro atoms. The number of hydrogen-bond acceptors (Lipinski definition) is 5. The van der Waals surface area contributed by atoms with Crippen LogP contribution in [0.1, 0.15) is 44.9 Å². The molecule has 2 saturated heterocycles. The highest BCUT2D eigenvalue weighted by atomic mass is 16.2. The summed E-state index contributed by atoms with van der Waals surface area (Å²) in [6.07, 6.45) is 8.08. The zero-order valence-electron chi connectivity index (χ0n) is 16.9. The summed E-state index contributed by atoms with van der Waals surface area (Å²) in [6, 6.07) is 0. The Morgan fingerprint density at radius 3 is 2.41 bits per heavy atom. The average molecular weight is 380 g/mol. The second-order valence-electron chi connectivity index (χ2n) is 8.83. The maximum absolute atomic E-state index is 12.9. The lowest BCUT2D eigenvalue weighted by atomic mass is 9.79. The van der Waals surface area contributed by atoms with E-state index in [-0.39, 0.29) is 29.8 Å². The van der Waals surface area contributed by atoms with Gasteiger partial charge in [-0.15, -0.1) is 0 Å². The molecule has 3 aliphatic rings. The van der Waals surface area contributed by atoms with Gasteiger partial charge in [0, 0.05) is 44.8 Å². The normalized spacial score (nSPS) is 28.0. The lowest BCUT2D eigenvalue weighted by molar-refractivity contribution is -0.129. The number of amides is 2. The average Bonchev–Trinajstić information content (AvgIpc) is 2.67. The highest BCUT2D eigenvalue weighted by Gasteiger charge is 2.39. The Morgan fingerprint density at radius 2 is 1.74 bits per heavy atom. The van der Waals surface area contributed by atoms with E-state index in [4.69, 9.17) is 5.73 Å². The molecule has 3 fully saturated rings. The minimum atomic E-state index is -0.313. The Labute approximate surface area is 163 Å². The van der Waals surface area contributed by atoms with Crippen LogP contribution in [0.2, 0.25) is 0 Å². The predicted molar refractivity (Wildman–Crippen MR) is 106 cm³/mol. The largest absolute Gasteiger partial charge is 0.369 e. The van der Waals surface area contributed by atoms with Crippen LogP contribution in [-0.2, 0) is 9.59 Å². The van der Waals surface area contributed by atoms with Crippen molar-refractivity contribution in [3.05, 3.63) is 0 Å². The van der Waals surface area contributed by atoms with Crippen molar-refractivity contribution < 1.29 is 9.59 Å². The molecular weight excluding hydrogens is 342 g/mol. The molecule has 0 aromatic carbocycles. The fraction of sp³-hybridized carbons (Fsp3) is 0.900. The molecule has 0 radical (unpaired) electrons. The van der Waals surface area contributed by atoms with Gasteiger partial charge in [-0.1, -0.05) is 19.3 Å². The van der Waals surface area contributed by atoms with Crippen molar-refractivity contribution in [2.45, 2.75) is 50.5 Å². The summed E-state index contributed by atoms with van der Waals surface area (Å²) in [6.45, 7) is 6.95. The van der Waals surface area contributed by atoms with Crippen LogP contribution in [0.25, 0.3) is 0 Å². The molecule has 3 N–H and O–H groups in total.